The highest BCUT2D eigenvalue weighted by Gasteiger charge is 2.56. The SMILES string of the molecule is COC1(O)CC2=C(C=C1[N+](C)(C)N=N)[C@H]1CC[C@]3(C)C(=O)CC[C@H]3[C@@H]1CC2. The van der Waals surface area contributed by atoms with E-state index in [1.807, 2.05) is 0 Å². The highest BCUT2D eigenvalue weighted by molar-refractivity contribution is 5.87. The van der Waals surface area contributed by atoms with Gasteiger partial charge in [0.25, 0.3) is 0 Å². The Balaban J connectivity index is 1.74. The van der Waals surface area contributed by atoms with Gasteiger partial charge in [-0.1, -0.05) is 12.5 Å². The van der Waals surface area contributed by atoms with Gasteiger partial charge >= 0.3 is 0 Å². The molecule has 2 fully saturated rings. The van der Waals surface area contributed by atoms with E-state index in [0.29, 0.717) is 35.7 Å². The molecule has 0 amide bonds. The third kappa shape index (κ3) is 2.60. The Morgan fingerprint density at radius 3 is 2.70 bits per heavy atom. The third-order valence-electron chi connectivity index (χ3n) is 8.06. The van der Waals surface area contributed by atoms with Gasteiger partial charge in [-0.3, -0.25) is 4.79 Å². The molecule has 0 saturated heterocycles. The minimum atomic E-state index is -1.41. The molecule has 4 aliphatic carbocycles. The van der Waals surface area contributed by atoms with Gasteiger partial charge in [0.05, 0.1) is 14.1 Å². The second kappa shape index (κ2) is 6.06. The molecule has 0 aromatic carbocycles. The molecule has 27 heavy (non-hydrogen) atoms. The predicted octanol–water partition coefficient (Wildman–Crippen LogP) is 3.73. The molecule has 148 valence electrons. The monoisotopic (exact) mass is 374 g/mol. The fourth-order valence-corrected chi connectivity index (χ4v) is 6.45. The van der Waals surface area contributed by atoms with Crippen LogP contribution in [0.1, 0.15) is 51.9 Å². The number of ether oxygens (including phenoxy) is 1. The number of nitrogens with zero attached hydrogens (tertiary/aromatic N) is 2. The Labute approximate surface area is 161 Å². The molecule has 4 aliphatic rings. The van der Waals surface area contributed by atoms with Crippen LogP contribution in [0.4, 0.5) is 0 Å². The quantitative estimate of drug-likeness (QED) is 0.342. The summed E-state index contributed by atoms with van der Waals surface area (Å²) in [4.78, 5) is 12.5. The van der Waals surface area contributed by atoms with Crippen molar-refractivity contribution in [3.8, 4) is 0 Å². The van der Waals surface area contributed by atoms with Crippen molar-refractivity contribution in [2.24, 2.45) is 28.4 Å². The van der Waals surface area contributed by atoms with E-state index in [9.17, 15) is 9.90 Å². The predicted molar refractivity (Wildman–Crippen MR) is 100 cm³/mol. The number of ketones is 1. The topological polar surface area (TPSA) is 82.7 Å². The van der Waals surface area contributed by atoms with Gasteiger partial charge in [0, 0.05) is 36.7 Å². The minimum Gasteiger partial charge on any atom is -0.357 e. The normalized spacial score (nSPS) is 41.6. The van der Waals surface area contributed by atoms with E-state index in [4.69, 9.17) is 10.3 Å². The lowest BCUT2D eigenvalue weighted by Gasteiger charge is -2.50. The van der Waals surface area contributed by atoms with Crippen LogP contribution in [0.25, 0.3) is 0 Å². The van der Waals surface area contributed by atoms with Crippen LogP contribution >= 0.6 is 0 Å². The zero-order chi connectivity index (χ0) is 19.6. The van der Waals surface area contributed by atoms with Gasteiger partial charge in [-0.25, -0.2) is 0 Å². The lowest BCUT2D eigenvalue weighted by molar-refractivity contribution is -0.875. The summed E-state index contributed by atoms with van der Waals surface area (Å²) in [6.45, 7) is 2.19. The largest absolute Gasteiger partial charge is 0.357 e. The van der Waals surface area contributed by atoms with Crippen molar-refractivity contribution in [2.45, 2.75) is 57.7 Å². The van der Waals surface area contributed by atoms with Crippen LogP contribution < -0.4 is 0 Å². The lowest BCUT2D eigenvalue weighted by Crippen LogP contribution is -2.50. The number of allylic oxidation sites excluding steroid dienone is 2. The molecule has 0 aromatic heterocycles. The summed E-state index contributed by atoms with van der Waals surface area (Å²) in [6.07, 6.45) is 8.34. The minimum absolute atomic E-state index is 0.0713. The number of carbonyl (C=O) groups is 1. The standard InChI is InChI=1S/C21H32N3O3/c1-20-10-9-14-15(17(20)7-8-19(20)25)6-5-13-12-21(26,27-4)18(11-16(13)14)24(2,3)23-22/h11,14-15,17,22,26H,5-10,12H2,1-4H3/q+1/t14-,15+,17-,20-,21?/m0/s1. The summed E-state index contributed by atoms with van der Waals surface area (Å²) in [5, 5.41) is 14.9. The van der Waals surface area contributed by atoms with Gasteiger partial charge in [-0.05, 0) is 55.4 Å². The van der Waals surface area contributed by atoms with E-state index in [1.54, 1.807) is 14.1 Å². The Hall–Kier alpha value is -1.37. The number of likely N-dealkylation sites (N-methyl/N-ethyl adjacent to an activating group) is 1. The maximum absolute atomic E-state index is 12.5. The van der Waals surface area contributed by atoms with Crippen molar-refractivity contribution in [3.05, 3.63) is 22.9 Å². The lowest BCUT2D eigenvalue weighted by atomic mass is 9.55. The first-order valence-electron chi connectivity index (χ1n) is 10.1. The van der Waals surface area contributed by atoms with Gasteiger partial charge in [0.1, 0.15) is 5.78 Å². The van der Waals surface area contributed by atoms with Crippen molar-refractivity contribution in [3.63, 3.8) is 0 Å². The van der Waals surface area contributed by atoms with Crippen LogP contribution in [0, 0.1) is 28.7 Å². The summed E-state index contributed by atoms with van der Waals surface area (Å²) in [5.41, 5.74) is 10.7. The van der Waals surface area contributed by atoms with Crippen molar-refractivity contribution in [1.29, 1.82) is 5.53 Å². The zero-order valence-corrected chi connectivity index (χ0v) is 16.9. The molecular formula is C21H32N3O3+. The highest BCUT2D eigenvalue weighted by atomic mass is 16.6. The van der Waals surface area contributed by atoms with Crippen molar-refractivity contribution in [2.75, 3.05) is 21.2 Å². The maximum atomic E-state index is 12.5. The van der Waals surface area contributed by atoms with Crippen LogP contribution in [-0.4, -0.2) is 42.5 Å². The molecule has 1 unspecified atom stereocenters. The number of quaternary nitrogens is 1. The first-order chi connectivity index (χ1) is 12.7. The molecule has 5 atom stereocenters. The number of Topliss-reactive ketones (excluding diaryl/α,β-unsaturated/α-hetero) is 1. The van der Waals surface area contributed by atoms with Crippen molar-refractivity contribution in [1.82, 2.24) is 0 Å². The summed E-state index contributed by atoms with van der Waals surface area (Å²) < 4.78 is 5.44. The smallest absolute Gasteiger partial charge is 0.249 e. The van der Waals surface area contributed by atoms with E-state index < -0.39 is 5.79 Å². The molecule has 0 spiro atoms. The van der Waals surface area contributed by atoms with E-state index in [2.05, 4.69) is 18.2 Å². The molecule has 6 nitrogen and oxygen atoms in total. The molecule has 0 radical (unpaired) electrons. The van der Waals surface area contributed by atoms with Crippen LogP contribution in [0.2, 0.25) is 0 Å². The number of methoxy groups -OCH3 is 1. The fraction of sp³-hybridized carbons (Fsp3) is 0.762. The molecule has 4 rings (SSSR count). The van der Waals surface area contributed by atoms with Gasteiger partial charge in [-0.15, -0.1) is 0 Å². The summed E-state index contributed by atoms with van der Waals surface area (Å²) in [6, 6.07) is 0. The number of carbonyl (C=O) groups excluding carboxylic acids is 1. The van der Waals surface area contributed by atoms with Gasteiger partial charge < -0.3 is 9.84 Å². The number of hydrogen-bond acceptors (Lipinski definition) is 5. The van der Waals surface area contributed by atoms with Crippen LogP contribution in [0.3, 0.4) is 0 Å². The maximum Gasteiger partial charge on any atom is 0.249 e. The van der Waals surface area contributed by atoms with E-state index >= 15 is 0 Å². The second-order valence-corrected chi connectivity index (χ2v) is 9.58. The number of hydrogen-bond donors (Lipinski definition) is 2. The number of rotatable bonds is 3. The van der Waals surface area contributed by atoms with E-state index in [-0.39, 0.29) is 10.0 Å². The third-order valence-corrected chi connectivity index (χ3v) is 8.06. The van der Waals surface area contributed by atoms with E-state index in [0.717, 1.165) is 38.5 Å². The molecule has 6 heteroatoms. The van der Waals surface area contributed by atoms with Crippen molar-refractivity contribution < 1.29 is 19.2 Å². The van der Waals surface area contributed by atoms with E-state index in [1.165, 1.54) is 18.3 Å². The van der Waals surface area contributed by atoms with Crippen LogP contribution in [0.15, 0.2) is 28.1 Å². The summed E-state index contributed by atoms with van der Waals surface area (Å²) >= 11 is 0. The van der Waals surface area contributed by atoms with Crippen LogP contribution in [0.5, 0.6) is 0 Å². The number of fused-ring (bicyclic) bond motifs is 4. The van der Waals surface area contributed by atoms with Gasteiger partial charge in [0.15, 0.2) is 5.70 Å². The molecule has 0 aromatic rings. The zero-order valence-electron chi connectivity index (χ0n) is 16.9. The first kappa shape index (κ1) is 19.0. The molecule has 0 bridgehead atoms. The molecule has 2 N–H and O–H groups in total. The molecule has 0 heterocycles. The average Bonchev–Trinajstić information content (AvgIpc) is 2.95. The molecule has 0 aliphatic heterocycles. The Morgan fingerprint density at radius 1 is 1.30 bits per heavy atom. The highest BCUT2D eigenvalue weighted by Crippen LogP contribution is 2.60. The van der Waals surface area contributed by atoms with Gasteiger partial charge in [0.2, 0.25) is 5.79 Å². The molecule has 2 saturated carbocycles. The number of nitrogens with one attached hydrogen (secondary N) is 1. The average molecular weight is 375 g/mol. The van der Waals surface area contributed by atoms with Crippen LogP contribution in [-0.2, 0) is 9.53 Å². The Bertz CT molecular complexity index is 756. The first-order valence-corrected chi connectivity index (χ1v) is 10.1. The fourth-order valence-electron chi connectivity index (χ4n) is 6.45. The molecular weight excluding hydrogens is 342 g/mol. The Kier molecular flexibility index (Phi) is 4.26. The van der Waals surface area contributed by atoms with Gasteiger partial charge in [-0.2, -0.15) is 10.1 Å². The summed E-state index contributed by atoms with van der Waals surface area (Å²) in [7, 11) is 5.11. The number of aliphatic hydroxyl groups is 1. The summed E-state index contributed by atoms with van der Waals surface area (Å²) in [5.74, 6) is 0.529. The van der Waals surface area contributed by atoms with Crippen molar-refractivity contribution >= 4 is 5.78 Å². The Morgan fingerprint density at radius 2 is 2.04 bits per heavy atom. The second-order valence-electron chi connectivity index (χ2n) is 9.58.